The molecule has 0 saturated carbocycles. The van der Waals surface area contributed by atoms with Gasteiger partial charge >= 0.3 is 0 Å². The SMILES string of the molecule is CC(N)Cc1cnsn1. The van der Waals surface area contributed by atoms with E-state index in [0.29, 0.717) is 0 Å². The van der Waals surface area contributed by atoms with Gasteiger partial charge in [0, 0.05) is 12.5 Å². The molecule has 0 aromatic carbocycles. The first-order chi connectivity index (χ1) is 4.29. The molecule has 50 valence electrons. The molecule has 1 rings (SSSR count). The molecule has 1 heterocycles. The third-order valence-corrected chi connectivity index (χ3v) is 1.45. The Morgan fingerprint density at radius 2 is 2.67 bits per heavy atom. The van der Waals surface area contributed by atoms with Crippen LogP contribution in [0, 0.1) is 0 Å². The van der Waals surface area contributed by atoms with Crippen LogP contribution in [0.3, 0.4) is 0 Å². The molecule has 1 unspecified atom stereocenters. The first-order valence-corrected chi connectivity index (χ1v) is 3.54. The lowest BCUT2D eigenvalue weighted by atomic mass is 10.2. The molecule has 9 heavy (non-hydrogen) atoms. The van der Waals surface area contributed by atoms with Gasteiger partial charge in [0.05, 0.1) is 23.6 Å². The van der Waals surface area contributed by atoms with Crippen LogP contribution in [-0.2, 0) is 6.42 Å². The second kappa shape index (κ2) is 2.89. The van der Waals surface area contributed by atoms with Crippen molar-refractivity contribution in [2.24, 2.45) is 5.73 Å². The van der Waals surface area contributed by atoms with E-state index >= 15 is 0 Å². The highest BCUT2D eigenvalue weighted by atomic mass is 32.1. The molecule has 0 amide bonds. The predicted molar refractivity (Wildman–Crippen MR) is 37.3 cm³/mol. The highest BCUT2D eigenvalue weighted by Gasteiger charge is 1.98. The Labute approximate surface area is 58.2 Å². The first kappa shape index (κ1) is 6.64. The van der Waals surface area contributed by atoms with Gasteiger partial charge < -0.3 is 5.73 Å². The molecule has 0 aliphatic rings. The molecule has 0 fully saturated rings. The summed E-state index contributed by atoms with van der Waals surface area (Å²) >= 11 is 1.23. The monoisotopic (exact) mass is 143 g/mol. The van der Waals surface area contributed by atoms with E-state index in [1.165, 1.54) is 11.7 Å². The molecule has 0 spiro atoms. The van der Waals surface area contributed by atoms with Gasteiger partial charge in [0.1, 0.15) is 0 Å². The molecule has 2 N–H and O–H groups in total. The number of hydrogen-bond acceptors (Lipinski definition) is 4. The molecule has 4 heteroatoms. The lowest BCUT2D eigenvalue weighted by Crippen LogP contribution is -2.17. The van der Waals surface area contributed by atoms with Crippen molar-refractivity contribution in [1.82, 2.24) is 8.75 Å². The van der Waals surface area contributed by atoms with Crippen LogP contribution >= 0.6 is 11.7 Å². The van der Waals surface area contributed by atoms with E-state index in [4.69, 9.17) is 5.73 Å². The summed E-state index contributed by atoms with van der Waals surface area (Å²) in [5.74, 6) is 0. The van der Waals surface area contributed by atoms with Crippen molar-refractivity contribution in [2.45, 2.75) is 19.4 Å². The number of nitrogens with zero attached hydrogens (tertiary/aromatic N) is 2. The van der Waals surface area contributed by atoms with Crippen molar-refractivity contribution in [1.29, 1.82) is 0 Å². The predicted octanol–water partition coefficient (Wildman–Crippen LogP) is 0.428. The summed E-state index contributed by atoms with van der Waals surface area (Å²) in [6, 6.07) is 0.189. The van der Waals surface area contributed by atoms with Gasteiger partial charge in [-0.05, 0) is 6.92 Å². The van der Waals surface area contributed by atoms with Gasteiger partial charge in [-0.25, -0.2) is 0 Å². The van der Waals surface area contributed by atoms with Crippen molar-refractivity contribution in [3.05, 3.63) is 11.9 Å². The maximum Gasteiger partial charge on any atom is 0.0758 e. The van der Waals surface area contributed by atoms with Crippen molar-refractivity contribution in [3.63, 3.8) is 0 Å². The van der Waals surface area contributed by atoms with Gasteiger partial charge in [-0.3, -0.25) is 0 Å². The zero-order valence-corrected chi connectivity index (χ0v) is 6.06. The van der Waals surface area contributed by atoms with Crippen LogP contribution in [0.15, 0.2) is 6.20 Å². The van der Waals surface area contributed by atoms with Crippen molar-refractivity contribution in [3.8, 4) is 0 Å². The summed E-state index contributed by atoms with van der Waals surface area (Å²) in [6.07, 6.45) is 2.59. The molecular formula is C5H9N3S. The highest BCUT2D eigenvalue weighted by molar-refractivity contribution is 6.99. The second-order valence-corrected chi connectivity index (χ2v) is 2.64. The Hall–Kier alpha value is -0.480. The Morgan fingerprint density at radius 3 is 3.11 bits per heavy atom. The molecule has 1 aromatic heterocycles. The van der Waals surface area contributed by atoms with E-state index in [-0.39, 0.29) is 6.04 Å². The normalized spacial score (nSPS) is 13.6. The van der Waals surface area contributed by atoms with Gasteiger partial charge in [0.2, 0.25) is 0 Å². The third-order valence-electron chi connectivity index (χ3n) is 0.938. The van der Waals surface area contributed by atoms with Crippen molar-refractivity contribution in [2.75, 3.05) is 0 Å². The van der Waals surface area contributed by atoms with Crippen LogP contribution in [0.2, 0.25) is 0 Å². The molecule has 0 aliphatic carbocycles. The van der Waals surface area contributed by atoms with Crippen LogP contribution in [0.25, 0.3) is 0 Å². The van der Waals surface area contributed by atoms with Crippen LogP contribution in [0.1, 0.15) is 12.6 Å². The van der Waals surface area contributed by atoms with Crippen LogP contribution in [0.4, 0.5) is 0 Å². The van der Waals surface area contributed by atoms with Gasteiger partial charge in [-0.1, -0.05) is 0 Å². The van der Waals surface area contributed by atoms with Gasteiger partial charge in [-0.15, -0.1) is 0 Å². The maximum absolute atomic E-state index is 5.52. The molecule has 0 bridgehead atoms. The van der Waals surface area contributed by atoms with E-state index in [9.17, 15) is 0 Å². The average molecular weight is 143 g/mol. The van der Waals surface area contributed by atoms with Crippen LogP contribution < -0.4 is 5.73 Å². The summed E-state index contributed by atoms with van der Waals surface area (Å²) in [6.45, 7) is 1.96. The van der Waals surface area contributed by atoms with E-state index in [0.717, 1.165) is 12.1 Å². The quantitative estimate of drug-likeness (QED) is 0.653. The zero-order chi connectivity index (χ0) is 6.69. The third kappa shape index (κ3) is 2.07. The minimum absolute atomic E-state index is 0.189. The smallest absolute Gasteiger partial charge is 0.0758 e. The summed E-state index contributed by atoms with van der Waals surface area (Å²) in [5.41, 5.74) is 6.52. The molecule has 0 radical (unpaired) electrons. The Balaban J connectivity index is 2.48. The minimum Gasteiger partial charge on any atom is -0.328 e. The van der Waals surface area contributed by atoms with Crippen molar-refractivity contribution >= 4 is 11.7 Å². The Bertz CT molecular complexity index is 159. The molecule has 1 aromatic rings. The summed E-state index contributed by atoms with van der Waals surface area (Å²) in [7, 11) is 0. The fraction of sp³-hybridized carbons (Fsp3) is 0.600. The molecule has 3 nitrogen and oxygen atoms in total. The van der Waals surface area contributed by atoms with Gasteiger partial charge in [0.25, 0.3) is 0 Å². The lowest BCUT2D eigenvalue weighted by Gasteiger charge is -1.97. The fourth-order valence-electron chi connectivity index (χ4n) is 0.604. The molecule has 1 atom stereocenters. The largest absolute Gasteiger partial charge is 0.328 e. The fourth-order valence-corrected chi connectivity index (χ4v) is 1.05. The van der Waals surface area contributed by atoms with E-state index in [1.807, 2.05) is 6.92 Å². The summed E-state index contributed by atoms with van der Waals surface area (Å²) in [5, 5.41) is 0. The Morgan fingerprint density at radius 1 is 1.89 bits per heavy atom. The van der Waals surface area contributed by atoms with Crippen LogP contribution in [-0.4, -0.2) is 14.8 Å². The molecule has 0 aliphatic heterocycles. The average Bonchev–Trinajstić information content (AvgIpc) is 2.15. The van der Waals surface area contributed by atoms with E-state index in [1.54, 1.807) is 6.20 Å². The Kier molecular flexibility index (Phi) is 2.13. The topological polar surface area (TPSA) is 51.8 Å². The maximum atomic E-state index is 5.52. The zero-order valence-electron chi connectivity index (χ0n) is 5.24. The number of rotatable bonds is 2. The van der Waals surface area contributed by atoms with E-state index < -0.39 is 0 Å². The van der Waals surface area contributed by atoms with Crippen molar-refractivity contribution < 1.29 is 0 Å². The number of nitrogens with two attached hydrogens (primary N) is 1. The van der Waals surface area contributed by atoms with Crippen LogP contribution in [0.5, 0.6) is 0 Å². The highest BCUT2D eigenvalue weighted by Crippen LogP contribution is 1.97. The molecule has 0 saturated heterocycles. The van der Waals surface area contributed by atoms with E-state index in [2.05, 4.69) is 8.75 Å². The first-order valence-electron chi connectivity index (χ1n) is 2.81. The van der Waals surface area contributed by atoms with Gasteiger partial charge in [-0.2, -0.15) is 8.75 Å². The summed E-state index contributed by atoms with van der Waals surface area (Å²) < 4.78 is 7.86. The molecular weight excluding hydrogens is 134 g/mol. The summed E-state index contributed by atoms with van der Waals surface area (Å²) in [4.78, 5) is 0. The second-order valence-electron chi connectivity index (χ2n) is 2.08. The standard InChI is InChI=1S/C5H9N3S/c1-4(6)2-5-3-7-9-8-5/h3-4H,2,6H2,1H3. The minimum atomic E-state index is 0.189. The van der Waals surface area contributed by atoms with Gasteiger partial charge in [0.15, 0.2) is 0 Å². The lowest BCUT2D eigenvalue weighted by molar-refractivity contribution is 0.727. The number of aromatic nitrogens is 2. The number of hydrogen-bond donors (Lipinski definition) is 1.